The summed E-state index contributed by atoms with van der Waals surface area (Å²) in [7, 11) is 2.39. The average Bonchev–Trinajstić information content (AvgIpc) is 3.33. The minimum Gasteiger partial charge on any atom is -0.375 e. The third kappa shape index (κ3) is 6.42. The molecule has 0 unspecified atom stereocenters. The maximum atomic E-state index is 12.8. The van der Waals surface area contributed by atoms with Crippen LogP contribution in [0.15, 0.2) is 17.3 Å². The van der Waals surface area contributed by atoms with Crippen LogP contribution in [0.2, 0.25) is 5.15 Å². The molecule has 0 bridgehead atoms. The number of hydrogen-bond acceptors (Lipinski definition) is 9. The highest BCUT2D eigenvalue weighted by Gasteiger charge is 2.40. The molecule has 31 heavy (non-hydrogen) atoms. The van der Waals surface area contributed by atoms with Crippen molar-refractivity contribution < 1.29 is 22.6 Å². The number of rotatable bonds is 5. The Bertz CT molecular complexity index is 940. The molecule has 0 atom stereocenters. The Kier molecular flexibility index (Phi) is 8.03. The van der Waals surface area contributed by atoms with Gasteiger partial charge in [0.25, 0.3) is 0 Å². The quantitative estimate of drug-likeness (QED) is 0.544. The molecule has 1 spiro atoms. The molecule has 1 saturated carbocycles. The van der Waals surface area contributed by atoms with Crippen LogP contribution in [-0.4, -0.2) is 47.1 Å². The molecule has 0 aromatic carbocycles. The standard InChI is InChI=1S/C17H19ClF3N5O2S2.ClH/c18-14-15(29-30-26-14)25-12-8-22-13(7-11(12)23-9-17(19,20)21)24-10-1-3-16(4-2-10)27-5-6-28-16;/h7-8,10H,1-6,9H2,(H2,22,23,24);1H/b25-15+;. The van der Waals surface area contributed by atoms with Crippen LogP contribution in [0.3, 0.4) is 0 Å². The van der Waals surface area contributed by atoms with E-state index in [0.29, 0.717) is 23.7 Å². The topological polar surface area (TPSA) is 80.7 Å². The summed E-state index contributed by atoms with van der Waals surface area (Å²) in [6.07, 6.45) is 0.227. The Morgan fingerprint density at radius 3 is 2.58 bits per heavy atom. The monoisotopic (exact) mass is 517 g/mol. The molecule has 14 heteroatoms. The maximum Gasteiger partial charge on any atom is 0.405 e. The summed E-state index contributed by atoms with van der Waals surface area (Å²) in [5.41, 5.74) is 0.479. The summed E-state index contributed by atoms with van der Waals surface area (Å²) in [5, 5.41) is 5.92. The van der Waals surface area contributed by atoms with E-state index < -0.39 is 18.5 Å². The zero-order valence-corrected chi connectivity index (χ0v) is 19.3. The maximum absolute atomic E-state index is 12.8. The molecule has 4 rings (SSSR count). The molecule has 1 aliphatic carbocycles. The van der Waals surface area contributed by atoms with Gasteiger partial charge in [0.05, 0.1) is 25.1 Å². The number of anilines is 2. The number of nitrogens with one attached hydrogen (secondary N) is 2. The molecule has 7 nitrogen and oxygen atoms in total. The van der Waals surface area contributed by atoms with Gasteiger partial charge in [-0.2, -0.15) is 17.5 Å². The molecule has 0 radical (unpaired) electrons. The van der Waals surface area contributed by atoms with Crippen molar-refractivity contribution in [1.29, 1.82) is 0 Å². The molecule has 1 aliphatic heterocycles. The Balaban J connectivity index is 0.00000272. The predicted molar refractivity (Wildman–Crippen MR) is 117 cm³/mol. The van der Waals surface area contributed by atoms with Gasteiger partial charge in [0.15, 0.2) is 15.6 Å². The first-order valence-electron chi connectivity index (χ1n) is 9.33. The van der Waals surface area contributed by atoms with Gasteiger partial charge in [-0.3, -0.25) is 0 Å². The first kappa shape index (κ1) is 24.5. The Hall–Kier alpha value is -1.18. The number of hydrogen-bond donors (Lipinski definition) is 2. The van der Waals surface area contributed by atoms with E-state index in [1.807, 2.05) is 0 Å². The number of pyridine rings is 1. The molecular formula is C17H20Cl2F3N5O2S2. The summed E-state index contributed by atoms with van der Waals surface area (Å²) in [6.45, 7) is 0.0470. The van der Waals surface area contributed by atoms with Gasteiger partial charge in [0.1, 0.15) is 18.1 Å². The van der Waals surface area contributed by atoms with Crippen LogP contribution in [0.5, 0.6) is 0 Å². The zero-order chi connectivity index (χ0) is 21.2. The lowest BCUT2D eigenvalue weighted by atomic mass is 9.90. The van der Waals surface area contributed by atoms with E-state index in [1.165, 1.54) is 22.6 Å². The normalized spacial score (nSPS) is 19.4. The van der Waals surface area contributed by atoms with Crippen molar-refractivity contribution in [3.8, 4) is 0 Å². The molecule has 2 aromatic heterocycles. The van der Waals surface area contributed by atoms with E-state index in [-0.39, 0.29) is 35.0 Å². The van der Waals surface area contributed by atoms with E-state index >= 15 is 0 Å². The molecular weight excluding hydrogens is 498 g/mol. The minimum atomic E-state index is -4.36. The largest absolute Gasteiger partial charge is 0.405 e. The lowest BCUT2D eigenvalue weighted by Gasteiger charge is -2.35. The van der Waals surface area contributed by atoms with Gasteiger partial charge in [-0.05, 0) is 23.2 Å². The van der Waals surface area contributed by atoms with Crippen LogP contribution in [0, 0.1) is 0 Å². The van der Waals surface area contributed by atoms with Crippen LogP contribution >= 0.6 is 44.9 Å². The first-order chi connectivity index (χ1) is 14.3. The fraction of sp³-hybridized carbons (Fsp3) is 0.588. The van der Waals surface area contributed by atoms with Gasteiger partial charge < -0.3 is 20.1 Å². The molecule has 2 aromatic rings. The van der Waals surface area contributed by atoms with Gasteiger partial charge in [-0.15, -0.1) is 12.4 Å². The van der Waals surface area contributed by atoms with Crippen molar-refractivity contribution in [2.75, 3.05) is 30.4 Å². The highest BCUT2D eigenvalue weighted by atomic mass is 35.5. The summed E-state index contributed by atoms with van der Waals surface area (Å²) < 4.78 is 54.1. The van der Waals surface area contributed by atoms with Crippen molar-refractivity contribution in [2.45, 2.75) is 43.7 Å². The lowest BCUT2D eigenvalue weighted by molar-refractivity contribution is -0.177. The Labute approximate surface area is 195 Å². The Morgan fingerprint density at radius 1 is 1.26 bits per heavy atom. The molecule has 2 aliphatic rings. The van der Waals surface area contributed by atoms with Crippen LogP contribution in [-0.2, 0) is 9.47 Å². The van der Waals surface area contributed by atoms with Gasteiger partial charge in [0.2, 0.25) is 0 Å². The predicted octanol–water partition coefficient (Wildman–Crippen LogP) is 4.98. The van der Waals surface area contributed by atoms with E-state index in [9.17, 15) is 13.2 Å². The average molecular weight is 518 g/mol. The molecule has 2 N–H and O–H groups in total. The van der Waals surface area contributed by atoms with Crippen molar-refractivity contribution in [1.82, 2.24) is 9.36 Å². The fourth-order valence-electron chi connectivity index (χ4n) is 3.48. The summed E-state index contributed by atoms with van der Waals surface area (Å²) in [5.74, 6) is 0.00835. The fourth-order valence-corrected chi connectivity index (χ4v) is 5.47. The molecule has 1 saturated heterocycles. The number of ether oxygens (including phenoxy) is 2. The highest BCUT2D eigenvalue weighted by Crippen LogP contribution is 2.37. The third-order valence-corrected chi connectivity index (χ3v) is 7.08. The molecule has 172 valence electrons. The number of alkyl halides is 3. The van der Waals surface area contributed by atoms with Gasteiger partial charge in [-0.1, -0.05) is 11.6 Å². The highest BCUT2D eigenvalue weighted by molar-refractivity contribution is 7.66. The lowest BCUT2D eigenvalue weighted by Crippen LogP contribution is -2.39. The third-order valence-electron chi connectivity index (χ3n) is 4.91. The smallest absolute Gasteiger partial charge is 0.375 e. The zero-order valence-electron chi connectivity index (χ0n) is 16.1. The second kappa shape index (κ2) is 10.2. The number of halogens is 5. The van der Waals surface area contributed by atoms with Crippen LogP contribution < -0.4 is 15.3 Å². The van der Waals surface area contributed by atoms with Crippen LogP contribution in [0.4, 0.5) is 30.4 Å². The molecule has 2 fully saturated rings. The SMILES string of the molecule is Cl.FC(F)(F)CNc1cc(NC2CCC3(CC2)OCCO3)ncc1/N=c1/ssnc1Cl. The number of nitrogens with zero attached hydrogens (tertiary/aromatic N) is 3. The minimum absolute atomic E-state index is 0. The van der Waals surface area contributed by atoms with Gasteiger partial charge >= 0.3 is 6.18 Å². The van der Waals surface area contributed by atoms with Gasteiger partial charge in [-0.25, -0.2) is 9.98 Å². The van der Waals surface area contributed by atoms with Crippen LogP contribution in [0.1, 0.15) is 25.7 Å². The second-order valence-corrected chi connectivity index (χ2v) is 9.23. The van der Waals surface area contributed by atoms with E-state index in [0.717, 1.165) is 36.2 Å². The second-order valence-electron chi connectivity index (χ2n) is 7.04. The van der Waals surface area contributed by atoms with E-state index in [2.05, 4.69) is 25.0 Å². The first-order valence-corrected chi connectivity index (χ1v) is 11.8. The van der Waals surface area contributed by atoms with Gasteiger partial charge in [0, 0.05) is 35.5 Å². The van der Waals surface area contributed by atoms with Crippen molar-refractivity contribution in [3.05, 3.63) is 22.1 Å². The Morgan fingerprint density at radius 2 is 1.97 bits per heavy atom. The van der Waals surface area contributed by atoms with E-state index in [4.69, 9.17) is 21.1 Å². The van der Waals surface area contributed by atoms with Crippen LogP contribution in [0.25, 0.3) is 0 Å². The van der Waals surface area contributed by atoms with Crippen molar-refractivity contribution >= 4 is 62.1 Å². The summed E-state index contributed by atoms with van der Waals surface area (Å²) in [6, 6.07) is 1.67. The molecule has 0 amide bonds. The van der Waals surface area contributed by atoms with Crippen molar-refractivity contribution in [2.24, 2.45) is 4.99 Å². The van der Waals surface area contributed by atoms with E-state index in [1.54, 1.807) is 0 Å². The molecule has 3 heterocycles. The summed E-state index contributed by atoms with van der Waals surface area (Å²) in [4.78, 5) is 8.65. The number of aromatic nitrogens is 2. The van der Waals surface area contributed by atoms with Crippen molar-refractivity contribution in [3.63, 3.8) is 0 Å². The summed E-state index contributed by atoms with van der Waals surface area (Å²) >= 11 is 5.97.